The molecule has 0 aromatic carbocycles. The minimum atomic E-state index is 0.745. The largest absolute Gasteiger partial charge is 0.469 e. The van der Waals surface area contributed by atoms with Crippen LogP contribution in [0.1, 0.15) is 34.9 Å². The molecule has 0 atom stereocenters. The molecule has 0 unspecified atom stereocenters. The van der Waals surface area contributed by atoms with Crippen LogP contribution in [0, 0.1) is 6.92 Å². The molecule has 1 fully saturated rings. The van der Waals surface area contributed by atoms with Gasteiger partial charge in [0.15, 0.2) is 0 Å². The molecule has 0 saturated heterocycles. The van der Waals surface area contributed by atoms with Gasteiger partial charge in [-0.15, -0.1) is 11.3 Å². The number of hydrogen-bond acceptors (Lipinski definition) is 5. The Kier molecular flexibility index (Phi) is 4.19. The fourth-order valence-electron chi connectivity index (χ4n) is 2.22. The van der Waals surface area contributed by atoms with Crippen LogP contribution >= 0.6 is 11.3 Å². The molecular formula is C15H21N3OS. The van der Waals surface area contributed by atoms with E-state index in [-0.39, 0.29) is 0 Å². The van der Waals surface area contributed by atoms with E-state index in [2.05, 4.69) is 22.6 Å². The minimum Gasteiger partial charge on any atom is -0.469 e. The Morgan fingerprint density at radius 2 is 2.30 bits per heavy atom. The summed E-state index contributed by atoms with van der Waals surface area (Å²) in [6, 6.07) is 2.78. The first kappa shape index (κ1) is 13.8. The maximum atomic E-state index is 5.33. The fourth-order valence-corrected chi connectivity index (χ4v) is 2.96. The molecule has 0 aliphatic heterocycles. The summed E-state index contributed by atoms with van der Waals surface area (Å²) in [7, 11) is 2.12. The zero-order valence-electron chi connectivity index (χ0n) is 12.1. The lowest BCUT2D eigenvalue weighted by Crippen LogP contribution is -2.18. The van der Waals surface area contributed by atoms with E-state index in [1.54, 1.807) is 17.6 Å². The Morgan fingerprint density at radius 1 is 1.45 bits per heavy atom. The number of nitrogens with zero attached hydrogens (tertiary/aromatic N) is 2. The smallest absolute Gasteiger partial charge is 0.107 e. The maximum Gasteiger partial charge on any atom is 0.107 e. The molecule has 2 aromatic rings. The van der Waals surface area contributed by atoms with Crippen molar-refractivity contribution in [3.8, 4) is 0 Å². The van der Waals surface area contributed by atoms with Gasteiger partial charge in [0, 0.05) is 36.6 Å². The van der Waals surface area contributed by atoms with Gasteiger partial charge in [0.1, 0.15) is 10.8 Å². The average molecular weight is 291 g/mol. The van der Waals surface area contributed by atoms with E-state index >= 15 is 0 Å². The Balaban J connectivity index is 1.50. The second-order valence-electron chi connectivity index (χ2n) is 5.56. The van der Waals surface area contributed by atoms with Gasteiger partial charge >= 0.3 is 0 Å². The Labute approximate surface area is 123 Å². The van der Waals surface area contributed by atoms with Crippen LogP contribution in [0.3, 0.4) is 0 Å². The van der Waals surface area contributed by atoms with Crippen molar-refractivity contribution in [2.24, 2.45) is 0 Å². The van der Waals surface area contributed by atoms with Gasteiger partial charge in [0.2, 0.25) is 0 Å². The highest BCUT2D eigenvalue weighted by Gasteiger charge is 2.20. The lowest BCUT2D eigenvalue weighted by molar-refractivity contribution is 0.313. The standard InChI is InChI=1S/C15H21N3OS/c1-11-12(5-6-19-11)8-18(2)9-14-10-20-15(17-14)7-16-13-3-4-13/h5-6,10,13,16H,3-4,7-9H2,1-2H3. The van der Waals surface area contributed by atoms with Crippen molar-refractivity contribution in [1.82, 2.24) is 15.2 Å². The molecule has 0 radical (unpaired) electrons. The van der Waals surface area contributed by atoms with E-state index in [0.717, 1.165) is 37.1 Å². The molecular weight excluding hydrogens is 270 g/mol. The number of rotatable bonds is 7. The van der Waals surface area contributed by atoms with E-state index in [0.29, 0.717) is 0 Å². The van der Waals surface area contributed by atoms with Crippen molar-refractivity contribution < 1.29 is 4.42 Å². The average Bonchev–Trinajstić information content (AvgIpc) is 3.02. The summed E-state index contributed by atoms with van der Waals surface area (Å²) in [5, 5.41) is 6.87. The summed E-state index contributed by atoms with van der Waals surface area (Å²) in [5.41, 5.74) is 2.41. The first-order valence-corrected chi connectivity index (χ1v) is 7.97. The zero-order chi connectivity index (χ0) is 13.9. The molecule has 3 rings (SSSR count). The zero-order valence-corrected chi connectivity index (χ0v) is 12.9. The van der Waals surface area contributed by atoms with Gasteiger partial charge in [0.25, 0.3) is 0 Å². The van der Waals surface area contributed by atoms with Crippen LogP contribution in [-0.4, -0.2) is 23.0 Å². The van der Waals surface area contributed by atoms with Crippen molar-refractivity contribution in [3.63, 3.8) is 0 Å². The second kappa shape index (κ2) is 6.08. The highest BCUT2D eigenvalue weighted by atomic mass is 32.1. The second-order valence-corrected chi connectivity index (χ2v) is 6.50. The fraction of sp³-hybridized carbons (Fsp3) is 0.533. The van der Waals surface area contributed by atoms with Gasteiger partial charge < -0.3 is 9.73 Å². The highest BCUT2D eigenvalue weighted by Crippen LogP contribution is 2.20. The number of aromatic nitrogens is 1. The van der Waals surface area contributed by atoms with Crippen molar-refractivity contribution in [3.05, 3.63) is 39.7 Å². The van der Waals surface area contributed by atoms with Gasteiger partial charge in [0.05, 0.1) is 12.0 Å². The molecule has 1 saturated carbocycles. The van der Waals surface area contributed by atoms with Gasteiger partial charge in [-0.3, -0.25) is 4.90 Å². The van der Waals surface area contributed by atoms with Gasteiger partial charge in [-0.05, 0) is 32.9 Å². The number of nitrogens with one attached hydrogen (secondary N) is 1. The van der Waals surface area contributed by atoms with Gasteiger partial charge in [-0.2, -0.15) is 0 Å². The summed E-state index contributed by atoms with van der Waals surface area (Å²) in [4.78, 5) is 6.96. The summed E-state index contributed by atoms with van der Waals surface area (Å²) in [5.74, 6) is 1.00. The molecule has 1 aliphatic rings. The van der Waals surface area contributed by atoms with E-state index in [1.807, 2.05) is 13.0 Å². The van der Waals surface area contributed by atoms with Crippen LogP contribution in [0.4, 0.5) is 0 Å². The molecule has 1 aliphatic carbocycles. The van der Waals surface area contributed by atoms with E-state index in [4.69, 9.17) is 9.40 Å². The molecule has 4 nitrogen and oxygen atoms in total. The summed E-state index contributed by atoms with van der Waals surface area (Å²) < 4.78 is 5.33. The van der Waals surface area contributed by atoms with E-state index < -0.39 is 0 Å². The van der Waals surface area contributed by atoms with Gasteiger partial charge in [-0.25, -0.2) is 4.98 Å². The normalized spacial score (nSPS) is 15.2. The Bertz CT molecular complexity index is 559. The third kappa shape index (κ3) is 3.69. The molecule has 1 N–H and O–H groups in total. The monoisotopic (exact) mass is 291 g/mol. The van der Waals surface area contributed by atoms with Crippen LogP contribution in [0.25, 0.3) is 0 Å². The van der Waals surface area contributed by atoms with Crippen molar-refractivity contribution in [2.75, 3.05) is 7.05 Å². The third-order valence-corrected chi connectivity index (χ3v) is 4.45. The molecule has 108 valence electrons. The van der Waals surface area contributed by atoms with E-state index in [1.165, 1.54) is 23.4 Å². The first-order valence-electron chi connectivity index (χ1n) is 7.09. The van der Waals surface area contributed by atoms with Crippen LogP contribution in [0.5, 0.6) is 0 Å². The van der Waals surface area contributed by atoms with E-state index in [9.17, 15) is 0 Å². The molecule has 2 heterocycles. The van der Waals surface area contributed by atoms with Crippen LogP contribution in [-0.2, 0) is 19.6 Å². The summed E-state index contributed by atoms with van der Waals surface area (Å²) in [6.07, 6.45) is 4.40. The number of hydrogen-bond donors (Lipinski definition) is 1. The number of furan rings is 1. The lowest BCUT2D eigenvalue weighted by Gasteiger charge is -2.14. The summed E-state index contributed by atoms with van der Waals surface area (Å²) in [6.45, 7) is 4.70. The first-order chi connectivity index (χ1) is 9.70. The molecule has 0 bridgehead atoms. The van der Waals surface area contributed by atoms with Crippen molar-refractivity contribution in [2.45, 2.75) is 45.4 Å². The Morgan fingerprint density at radius 3 is 3.00 bits per heavy atom. The predicted octanol–water partition coefficient (Wildman–Crippen LogP) is 2.93. The maximum absolute atomic E-state index is 5.33. The Hall–Kier alpha value is -1.17. The predicted molar refractivity (Wildman–Crippen MR) is 80.6 cm³/mol. The SMILES string of the molecule is Cc1occc1CN(C)Cc1csc(CNC2CC2)n1. The summed E-state index contributed by atoms with van der Waals surface area (Å²) >= 11 is 1.75. The van der Waals surface area contributed by atoms with Crippen molar-refractivity contribution >= 4 is 11.3 Å². The molecule has 20 heavy (non-hydrogen) atoms. The topological polar surface area (TPSA) is 41.3 Å². The highest BCUT2D eigenvalue weighted by molar-refractivity contribution is 7.09. The van der Waals surface area contributed by atoms with Crippen LogP contribution < -0.4 is 5.32 Å². The molecule has 2 aromatic heterocycles. The number of thiazole rings is 1. The quantitative estimate of drug-likeness (QED) is 0.851. The molecule has 0 spiro atoms. The lowest BCUT2D eigenvalue weighted by atomic mass is 10.2. The minimum absolute atomic E-state index is 0.745. The van der Waals surface area contributed by atoms with Crippen LogP contribution in [0.15, 0.2) is 22.1 Å². The van der Waals surface area contributed by atoms with Gasteiger partial charge in [-0.1, -0.05) is 0 Å². The molecule has 0 amide bonds. The number of aryl methyl sites for hydroxylation is 1. The third-order valence-electron chi connectivity index (χ3n) is 3.56. The molecule has 5 heteroatoms. The van der Waals surface area contributed by atoms with Crippen LogP contribution in [0.2, 0.25) is 0 Å². The van der Waals surface area contributed by atoms with Crippen molar-refractivity contribution in [1.29, 1.82) is 0 Å².